The summed E-state index contributed by atoms with van der Waals surface area (Å²) >= 11 is 0. The molecule has 0 spiro atoms. The van der Waals surface area contributed by atoms with Gasteiger partial charge in [-0.05, 0) is 33.3 Å². The molecule has 31 heavy (non-hydrogen) atoms. The largest absolute Gasteiger partial charge is 0.508 e. The maximum absolute atomic E-state index is 11.9. The lowest BCUT2D eigenvalue weighted by atomic mass is 10.1. The van der Waals surface area contributed by atoms with E-state index in [1.807, 2.05) is 20.8 Å². The Morgan fingerprint density at radius 3 is 2.00 bits per heavy atom. The van der Waals surface area contributed by atoms with Gasteiger partial charge in [-0.2, -0.15) is 0 Å². The summed E-state index contributed by atoms with van der Waals surface area (Å²) in [5, 5.41) is 11.3. The number of carbonyl (C=O) groups is 1. The van der Waals surface area contributed by atoms with Crippen LogP contribution in [0, 0.1) is 10.1 Å². The molecule has 0 aliphatic heterocycles. The molecule has 11 nitrogen and oxygen atoms in total. The van der Waals surface area contributed by atoms with Crippen molar-refractivity contribution in [3.63, 3.8) is 0 Å². The fourth-order valence-electron chi connectivity index (χ4n) is 2.82. The first-order valence-corrected chi connectivity index (χ1v) is 11.9. The molecule has 1 aromatic carbocycles. The van der Waals surface area contributed by atoms with Crippen LogP contribution in [-0.2, 0) is 29.4 Å². The summed E-state index contributed by atoms with van der Waals surface area (Å²) in [4.78, 5) is 22.6. The Morgan fingerprint density at radius 1 is 0.968 bits per heavy atom. The van der Waals surface area contributed by atoms with E-state index < -0.39 is 19.9 Å². The topological polar surface area (TPSA) is 125 Å². The van der Waals surface area contributed by atoms with Crippen molar-refractivity contribution in [3.05, 3.63) is 27.8 Å². The zero-order valence-electron chi connectivity index (χ0n) is 18.6. The summed E-state index contributed by atoms with van der Waals surface area (Å²) in [7, 11) is -0.0394. The van der Waals surface area contributed by atoms with Crippen molar-refractivity contribution >= 4 is 20.6 Å². The Labute approximate surface area is 183 Å². The van der Waals surface area contributed by atoms with Crippen molar-refractivity contribution in [2.75, 3.05) is 40.6 Å². The first-order valence-electron chi connectivity index (χ1n) is 9.96. The highest BCUT2D eigenvalue weighted by Crippen LogP contribution is 2.34. The van der Waals surface area contributed by atoms with Gasteiger partial charge in [0.05, 0.1) is 37.4 Å². The number of hydrogen-bond acceptors (Lipinski definition) is 10. The molecule has 0 saturated carbocycles. The van der Waals surface area contributed by atoms with Crippen LogP contribution in [0.25, 0.3) is 0 Å². The molecule has 1 aromatic rings. The van der Waals surface area contributed by atoms with Gasteiger partial charge in [0.2, 0.25) is 0 Å². The molecular weight excluding hydrogens is 430 g/mol. The van der Waals surface area contributed by atoms with Gasteiger partial charge in [-0.25, -0.2) is 4.79 Å². The normalized spacial score (nSPS) is 11.1. The summed E-state index contributed by atoms with van der Waals surface area (Å²) in [5.41, 5.74) is -0.110. The van der Waals surface area contributed by atoms with E-state index in [2.05, 4.69) is 0 Å². The molecule has 0 aromatic heterocycles. The SMILES string of the molecule is CCO[Si](CCCOC(=O)OCc1cc(OC)c(OC)cc1[N+](=O)[O-])(OCC)OCC. The molecule has 0 fully saturated rings. The Hall–Kier alpha value is -2.41. The fraction of sp³-hybridized carbons (Fsp3) is 0.632. The average molecular weight is 462 g/mol. The highest BCUT2D eigenvalue weighted by molar-refractivity contribution is 6.60. The van der Waals surface area contributed by atoms with Gasteiger partial charge < -0.3 is 32.2 Å². The Bertz CT molecular complexity index is 698. The minimum Gasteiger partial charge on any atom is -0.493 e. The number of ether oxygens (including phenoxy) is 4. The monoisotopic (exact) mass is 461 g/mol. The molecule has 0 aliphatic rings. The van der Waals surface area contributed by atoms with Crippen molar-refractivity contribution in [2.24, 2.45) is 0 Å². The zero-order valence-corrected chi connectivity index (χ0v) is 19.6. The van der Waals surface area contributed by atoms with Crippen molar-refractivity contribution < 1.29 is 41.9 Å². The molecule has 176 valence electrons. The number of methoxy groups -OCH3 is 2. The van der Waals surface area contributed by atoms with Crippen LogP contribution in [0.1, 0.15) is 32.8 Å². The van der Waals surface area contributed by atoms with E-state index in [1.165, 1.54) is 26.4 Å². The van der Waals surface area contributed by atoms with Crippen LogP contribution in [-0.4, -0.2) is 60.5 Å². The maximum Gasteiger partial charge on any atom is 0.508 e. The summed E-state index contributed by atoms with van der Waals surface area (Å²) in [6, 6.07) is 3.08. The van der Waals surface area contributed by atoms with Gasteiger partial charge in [-0.1, -0.05) is 0 Å². The third kappa shape index (κ3) is 8.32. The second-order valence-electron chi connectivity index (χ2n) is 6.07. The summed E-state index contributed by atoms with van der Waals surface area (Å²) in [6.07, 6.45) is -0.488. The third-order valence-electron chi connectivity index (χ3n) is 4.07. The van der Waals surface area contributed by atoms with E-state index in [-0.39, 0.29) is 36.0 Å². The first kappa shape index (κ1) is 26.6. The molecule has 0 N–H and O–H groups in total. The number of nitro groups is 1. The van der Waals surface area contributed by atoms with E-state index in [9.17, 15) is 14.9 Å². The minimum absolute atomic E-state index is 0.0643. The van der Waals surface area contributed by atoms with Crippen molar-refractivity contribution in [3.8, 4) is 11.5 Å². The molecule has 1 rings (SSSR count). The van der Waals surface area contributed by atoms with Crippen LogP contribution in [0.5, 0.6) is 11.5 Å². The van der Waals surface area contributed by atoms with E-state index in [4.69, 9.17) is 32.2 Å². The molecule has 0 aliphatic carbocycles. The predicted molar refractivity (Wildman–Crippen MR) is 112 cm³/mol. The van der Waals surface area contributed by atoms with Gasteiger partial charge in [0.25, 0.3) is 5.69 Å². The quantitative estimate of drug-likeness (QED) is 0.125. The van der Waals surface area contributed by atoms with Gasteiger partial charge in [-0.15, -0.1) is 0 Å². The lowest BCUT2D eigenvalue weighted by Gasteiger charge is -2.28. The average Bonchev–Trinajstić information content (AvgIpc) is 2.75. The summed E-state index contributed by atoms with van der Waals surface area (Å²) in [6.45, 7) is 6.67. The predicted octanol–water partition coefficient (Wildman–Crippen LogP) is 3.70. The van der Waals surface area contributed by atoms with Gasteiger partial charge in [0, 0.05) is 25.9 Å². The lowest BCUT2D eigenvalue weighted by molar-refractivity contribution is -0.385. The smallest absolute Gasteiger partial charge is 0.493 e. The molecule has 12 heteroatoms. The van der Waals surface area contributed by atoms with Crippen LogP contribution < -0.4 is 9.47 Å². The molecular formula is C19H31NO10Si. The molecule has 0 atom stereocenters. The number of rotatable bonds is 15. The van der Waals surface area contributed by atoms with Crippen molar-refractivity contribution in [2.45, 2.75) is 39.8 Å². The van der Waals surface area contributed by atoms with Crippen molar-refractivity contribution in [1.82, 2.24) is 0 Å². The summed E-state index contributed by atoms with van der Waals surface area (Å²) < 4.78 is 37.5. The molecule has 0 bridgehead atoms. The number of hydrogen-bond donors (Lipinski definition) is 0. The number of nitro benzene ring substituents is 1. The van der Waals surface area contributed by atoms with Gasteiger partial charge in [0.1, 0.15) is 6.61 Å². The van der Waals surface area contributed by atoms with Crippen LogP contribution in [0.3, 0.4) is 0 Å². The second-order valence-corrected chi connectivity index (χ2v) is 8.80. The van der Waals surface area contributed by atoms with E-state index in [1.54, 1.807) is 0 Å². The molecule has 0 unspecified atom stereocenters. The second kappa shape index (κ2) is 13.8. The van der Waals surface area contributed by atoms with Gasteiger partial charge >= 0.3 is 15.0 Å². The van der Waals surface area contributed by atoms with Crippen molar-refractivity contribution in [1.29, 1.82) is 0 Å². The Balaban J connectivity index is 2.63. The maximum atomic E-state index is 11.9. The molecule has 0 saturated heterocycles. The number of benzene rings is 1. The highest BCUT2D eigenvalue weighted by atomic mass is 28.4. The molecule has 0 heterocycles. The third-order valence-corrected chi connectivity index (χ3v) is 7.22. The van der Waals surface area contributed by atoms with Crippen LogP contribution in [0.4, 0.5) is 10.5 Å². The number of nitrogens with zero attached hydrogens (tertiary/aromatic N) is 1. The van der Waals surface area contributed by atoms with Gasteiger partial charge in [0.15, 0.2) is 11.5 Å². The Morgan fingerprint density at radius 2 is 1.52 bits per heavy atom. The first-order chi connectivity index (χ1) is 14.9. The highest BCUT2D eigenvalue weighted by Gasteiger charge is 2.39. The number of carbonyl (C=O) groups excluding carboxylic acids is 1. The van der Waals surface area contributed by atoms with E-state index in [0.29, 0.717) is 32.3 Å². The summed E-state index contributed by atoms with van der Waals surface area (Å²) in [5.74, 6) is 0.482. The van der Waals surface area contributed by atoms with Crippen LogP contribution in [0.15, 0.2) is 12.1 Å². The van der Waals surface area contributed by atoms with Crippen LogP contribution in [0.2, 0.25) is 6.04 Å². The van der Waals surface area contributed by atoms with Gasteiger partial charge in [-0.3, -0.25) is 10.1 Å². The molecule has 0 radical (unpaired) electrons. The lowest BCUT2D eigenvalue weighted by Crippen LogP contribution is -2.46. The van der Waals surface area contributed by atoms with E-state index >= 15 is 0 Å². The zero-order chi connectivity index (χ0) is 23.3. The van der Waals surface area contributed by atoms with Crippen LogP contribution >= 0.6 is 0 Å². The molecule has 0 amide bonds. The standard InChI is InChI=1S/C19H31NO10Si/c1-6-28-31(29-7-2,30-8-3)11-9-10-26-19(21)27-14-15-12-17(24-4)18(25-5)13-16(15)20(22)23/h12-13H,6-11,14H2,1-5H3. The Kier molecular flexibility index (Phi) is 11.9. The fourth-order valence-corrected chi connectivity index (χ4v) is 5.40. The van der Waals surface area contributed by atoms with E-state index in [0.717, 1.165) is 0 Å². The minimum atomic E-state index is -2.81.